The molecule has 2 aromatic rings. The zero-order chi connectivity index (χ0) is 17.1. The van der Waals surface area contributed by atoms with E-state index in [4.69, 9.17) is 15.6 Å². The van der Waals surface area contributed by atoms with Crippen molar-refractivity contribution in [3.05, 3.63) is 46.6 Å². The first-order valence-corrected chi connectivity index (χ1v) is 9.64. The molecule has 0 radical (unpaired) electrons. The lowest BCUT2D eigenvalue weighted by molar-refractivity contribution is -0.138. The average Bonchev–Trinajstić information content (AvgIpc) is 2.47. The Morgan fingerprint density at radius 2 is 1.74 bits per heavy atom. The topological polar surface area (TPSA) is 92.8 Å². The number of phenolic OH excluding ortho intramolecular Hbond substituents is 1. The predicted molar refractivity (Wildman–Crippen MR) is 112 cm³/mol. The molecule has 0 aromatic heterocycles. The summed E-state index contributed by atoms with van der Waals surface area (Å²) < 4.78 is 8.14. The third kappa shape index (κ3) is 5.06. The third-order valence-electron chi connectivity index (χ3n) is 2.99. The first-order chi connectivity index (χ1) is 10.8. The van der Waals surface area contributed by atoms with Crippen LogP contribution in [0.3, 0.4) is 0 Å². The summed E-state index contributed by atoms with van der Waals surface area (Å²) in [6.07, 6.45) is 0.265. The first-order valence-electron chi connectivity index (χ1n) is 6.40. The molecular weight excluding hydrogens is 645 g/mol. The van der Waals surface area contributed by atoms with E-state index >= 15 is 0 Å². The van der Waals surface area contributed by atoms with Crippen molar-refractivity contribution in [2.24, 2.45) is 5.73 Å². The van der Waals surface area contributed by atoms with Gasteiger partial charge < -0.3 is 20.7 Å². The number of hydrogen-bond acceptors (Lipinski definition) is 4. The van der Waals surface area contributed by atoms with Crippen molar-refractivity contribution < 1.29 is 19.7 Å². The highest BCUT2D eigenvalue weighted by molar-refractivity contribution is 14.1. The van der Waals surface area contributed by atoms with Crippen LogP contribution in [0.25, 0.3) is 0 Å². The molecule has 2 rings (SSSR count). The molecule has 0 fully saturated rings. The molecule has 4 N–H and O–H groups in total. The minimum absolute atomic E-state index is 0.242. The fraction of sp³-hybridized carbons (Fsp3) is 0.133. The minimum Gasteiger partial charge on any atom is -0.506 e. The molecule has 0 aliphatic carbocycles. The fourth-order valence-corrected chi connectivity index (χ4v) is 4.22. The summed E-state index contributed by atoms with van der Waals surface area (Å²) in [5.41, 5.74) is 6.39. The lowest BCUT2D eigenvalue weighted by Crippen LogP contribution is -2.32. The van der Waals surface area contributed by atoms with Gasteiger partial charge in [-0.1, -0.05) is 6.07 Å². The molecule has 0 unspecified atom stereocenters. The highest BCUT2D eigenvalue weighted by Crippen LogP contribution is 2.34. The van der Waals surface area contributed by atoms with Crippen molar-refractivity contribution in [3.8, 4) is 17.2 Å². The Morgan fingerprint density at radius 1 is 1.13 bits per heavy atom. The van der Waals surface area contributed by atoms with Crippen molar-refractivity contribution in [3.63, 3.8) is 0 Å². The zero-order valence-corrected chi connectivity index (χ0v) is 18.1. The Bertz CT molecular complexity index is 728. The highest BCUT2D eigenvalue weighted by atomic mass is 127. The van der Waals surface area contributed by atoms with E-state index in [1.807, 2.05) is 51.2 Å². The third-order valence-corrected chi connectivity index (χ3v) is 5.47. The van der Waals surface area contributed by atoms with Gasteiger partial charge in [-0.3, -0.25) is 4.79 Å². The van der Waals surface area contributed by atoms with Gasteiger partial charge in [0, 0.05) is 0 Å². The van der Waals surface area contributed by atoms with Gasteiger partial charge in [-0.05, 0) is 104 Å². The maximum atomic E-state index is 10.8. The summed E-state index contributed by atoms with van der Waals surface area (Å²) in [5, 5.41) is 18.6. The minimum atomic E-state index is -1.02. The van der Waals surface area contributed by atoms with E-state index in [9.17, 15) is 9.90 Å². The molecule has 0 saturated heterocycles. The monoisotopic (exact) mass is 657 g/mol. The summed E-state index contributed by atoms with van der Waals surface area (Å²) in [6, 6.07) is 8.03. The number of carboxylic acid groups (broad SMARTS) is 1. The van der Waals surface area contributed by atoms with Crippen LogP contribution in [0.15, 0.2) is 30.3 Å². The summed E-state index contributed by atoms with van der Waals surface area (Å²) >= 11 is 6.23. The van der Waals surface area contributed by atoms with Gasteiger partial charge in [0.15, 0.2) is 0 Å². The lowest BCUT2D eigenvalue weighted by atomic mass is 10.3. The van der Waals surface area contributed by atoms with Gasteiger partial charge in [-0.2, -0.15) is 0 Å². The van der Waals surface area contributed by atoms with E-state index in [0.29, 0.717) is 18.6 Å². The van der Waals surface area contributed by atoms with Gasteiger partial charge in [0.2, 0.25) is 0 Å². The predicted octanol–water partition coefficient (Wildman–Crippen LogP) is 3.95. The Balaban J connectivity index is 2.20. The quantitative estimate of drug-likeness (QED) is 0.424. The normalized spacial score (nSPS) is 12.0. The van der Waals surface area contributed by atoms with E-state index in [1.54, 1.807) is 24.3 Å². The molecular formula is C15H12I3NO4. The van der Waals surface area contributed by atoms with Crippen LogP contribution in [0.1, 0.15) is 5.56 Å². The number of carboxylic acids is 1. The first kappa shape index (κ1) is 19.0. The number of ether oxygens (including phenoxy) is 1. The van der Waals surface area contributed by atoms with Crippen LogP contribution in [0, 0.1) is 10.7 Å². The Labute approximate surface area is 174 Å². The molecule has 122 valence electrons. The van der Waals surface area contributed by atoms with Crippen molar-refractivity contribution in [2.75, 3.05) is 0 Å². The van der Waals surface area contributed by atoms with E-state index in [1.165, 1.54) is 0 Å². The van der Waals surface area contributed by atoms with Gasteiger partial charge in [-0.25, -0.2) is 0 Å². The van der Waals surface area contributed by atoms with E-state index in [2.05, 4.69) is 22.6 Å². The number of phenols is 1. The SMILES string of the molecule is N[C@@H](C[13c]1[13cH][13cH][13c](Oc2cc(I)c(O)c(I)c2)[13c](I)[13cH]1)C(=O)O. The molecule has 5 nitrogen and oxygen atoms in total. The summed E-state index contributed by atoms with van der Waals surface area (Å²) in [7, 11) is 0. The molecule has 8 heteroatoms. The number of benzene rings is 2. The van der Waals surface area contributed by atoms with Crippen molar-refractivity contribution >= 4 is 73.7 Å². The summed E-state index contributed by atoms with van der Waals surface area (Å²) in [6.45, 7) is 0. The molecule has 0 bridgehead atoms. The molecule has 0 amide bonds. The number of aromatic hydroxyl groups is 1. The number of aliphatic carboxylic acids is 1. The number of halogens is 3. The van der Waals surface area contributed by atoms with Crippen LogP contribution in [0.4, 0.5) is 0 Å². The summed E-state index contributed by atoms with van der Waals surface area (Å²) in [4.78, 5) is 10.8. The van der Waals surface area contributed by atoms with Crippen molar-refractivity contribution in [2.45, 2.75) is 12.5 Å². The number of hydrogen-bond donors (Lipinski definition) is 3. The van der Waals surface area contributed by atoms with Gasteiger partial charge in [-0.15, -0.1) is 0 Å². The zero-order valence-electron chi connectivity index (χ0n) is 11.6. The van der Waals surface area contributed by atoms with E-state index < -0.39 is 12.0 Å². The smallest absolute Gasteiger partial charge is 0.320 e. The molecule has 0 aliphatic rings. The van der Waals surface area contributed by atoms with Crippen LogP contribution in [0.5, 0.6) is 17.2 Å². The van der Waals surface area contributed by atoms with Gasteiger partial charge in [0.1, 0.15) is 23.3 Å². The molecule has 0 saturated carbocycles. The fourth-order valence-electron chi connectivity index (χ4n) is 1.82. The second-order valence-electron chi connectivity index (χ2n) is 4.75. The van der Waals surface area contributed by atoms with E-state index in [-0.39, 0.29) is 12.2 Å². The van der Waals surface area contributed by atoms with Crippen molar-refractivity contribution in [1.29, 1.82) is 0 Å². The van der Waals surface area contributed by atoms with Crippen LogP contribution < -0.4 is 10.5 Å². The number of nitrogens with two attached hydrogens (primary N) is 1. The molecule has 2 aromatic carbocycles. The Kier molecular flexibility index (Phi) is 6.74. The van der Waals surface area contributed by atoms with Crippen LogP contribution in [-0.4, -0.2) is 22.2 Å². The molecule has 0 heterocycles. The van der Waals surface area contributed by atoms with Crippen LogP contribution in [-0.2, 0) is 11.2 Å². The largest absolute Gasteiger partial charge is 0.506 e. The van der Waals surface area contributed by atoms with E-state index in [0.717, 1.165) is 9.13 Å². The average molecular weight is 657 g/mol. The van der Waals surface area contributed by atoms with Gasteiger partial charge in [0.05, 0.1) is 10.7 Å². The molecule has 1 atom stereocenters. The second kappa shape index (κ2) is 8.16. The van der Waals surface area contributed by atoms with Crippen LogP contribution in [0.2, 0.25) is 0 Å². The summed E-state index contributed by atoms with van der Waals surface area (Å²) in [5.74, 6) is 0.514. The maximum Gasteiger partial charge on any atom is 0.320 e. The molecule has 23 heavy (non-hydrogen) atoms. The Hall–Kier alpha value is -0.340. The lowest BCUT2D eigenvalue weighted by Gasteiger charge is -2.12. The molecule has 0 aliphatic heterocycles. The molecule has 0 spiro atoms. The Morgan fingerprint density at radius 3 is 2.26 bits per heavy atom. The number of rotatable bonds is 5. The van der Waals surface area contributed by atoms with Gasteiger partial charge >= 0.3 is 5.97 Å². The van der Waals surface area contributed by atoms with Crippen molar-refractivity contribution in [1.82, 2.24) is 0 Å². The second-order valence-corrected chi connectivity index (χ2v) is 8.24. The standard InChI is InChI=1S/C15H12I3NO4/c16-9-3-7(4-12(19)15(21)22)1-2-13(9)23-8-5-10(17)14(20)11(18)6-8/h1-3,5-6,12,20H,4,19H2,(H,21,22)/t12-/m0/s1/i1+1,2+1,3+1,7+1,9+1,13+1. The highest BCUT2D eigenvalue weighted by Gasteiger charge is 2.14. The maximum absolute atomic E-state index is 10.8. The van der Waals surface area contributed by atoms with Crippen LogP contribution >= 0.6 is 67.8 Å². The van der Waals surface area contributed by atoms with Gasteiger partial charge in [0.25, 0.3) is 0 Å². The number of carbonyl (C=O) groups is 1.